The van der Waals surface area contributed by atoms with Crippen LogP contribution in [0.5, 0.6) is 0 Å². The molecule has 0 heterocycles. The zero-order chi connectivity index (χ0) is 15.3. The number of nitrogen functional groups attached to an aromatic ring is 1. The van der Waals surface area contributed by atoms with Crippen molar-refractivity contribution in [3.63, 3.8) is 0 Å². The van der Waals surface area contributed by atoms with Gasteiger partial charge in [-0.25, -0.2) is 0 Å². The summed E-state index contributed by atoms with van der Waals surface area (Å²) in [7, 11) is 0. The molecule has 0 atom stereocenters. The number of amides is 2. The summed E-state index contributed by atoms with van der Waals surface area (Å²) in [6.45, 7) is 2.89. The van der Waals surface area contributed by atoms with E-state index in [1.165, 1.54) is 12.8 Å². The number of hydrogen-bond acceptors (Lipinski definition) is 3. The van der Waals surface area contributed by atoms with Gasteiger partial charge in [0.05, 0.1) is 6.54 Å². The third kappa shape index (κ3) is 4.48. The third-order valence-electron chi connectivity index (χ3n) is 3.98. The Morgan fingerprint density at radius 1 is 1.19 bits per heavy atom. The second kappa shape index (κ2) is 6.61. The Labute approximate surface area is 125 Å². The molecule has 0 aliphatic heterocycles. The first-order valence-corrected chi connectivity index (χ1v) is 7.45. The highest BCUT2D eigenvalue weighted by Gasteiger charge is 2.41. The molecule has 114 valence electrons. The van der Waals surface area contributed by atoms with Gasteiger partial charge in [-0.15, -0.1) is 0 Å². The number of carbonyl (C=O) groups is 2. The Balaban J connectivity index is 1.71. The summed E-state index contributed by atoms with van der Waals surface area (Å²) in [5.41, 5.74) is 7.00. The van der Waals surface area contributed by atoms with Crippen molar-refractivity contribution < 1.29 is 9.59 Å². The summed E-state index contributed by atoms with van der Waals surface area (Å²) in [6, 6.07) is 6.61. The molecule has 5 heteroatoms. The fourth-order valence-corrected chi connectivity index (χ4v) is 2.47. The van der Waals surface area contributed by atoms with E-state index < -0.39 is 0 Å². The predicted molar refractivity (Wildman–Crippen MR) is 82.8 cm³/mol. The van der Waals surface area contributed by atoms with Crippen molar-refractivity contribution >= 4 is 17.5 Å². The quantitative estimate of drug-likeness (QED) is 0.668. The van der Waals surface area contributed by atoms with Gasteiger partial charge in [0.2, 0.25) is 5.91 Å². The summed E-state index contributed by atoms with van der Waals surface area (Å²) >= 11 is 0. The van der Waals surface area contributed by atoms with Gasteiger partial charge < -0.3 is 16.4 Å². The lowest BCUT2D eigenvalue weighted by Gasteiger charge is -2.15. The van der Waals surface area contributed by atoms with Crippen molar-refractivity contribution in [3.05, 3.63) is 29.8 Å². The van der Waals surface area contributed by atoms with Crippen molar-refractivity contribution in [3.8, 4) is 0 Å². The Kier molecular flexibility index (Phi) is 4.83. The van der Waals surface area contributed by atoms with E-state index in [-0.39, 0.29) is 18.4 Å². The van der Waals surface area contributed by atoms with Gasteiger partial charge in [0, 0.05) is 17.8 Å². The molecule has 4 N–H and O–H groups in total. The summed E-state index contributed by atoms with van der Waals surface area (Å²) in [4.78, 5) is 23.6. The number of benzene rings is 1. The molecule has 0 aromatic heterocycles. The number of carbonyl (C=O) groups excluding carboxylic acids is 2. The molecule has 5 nitrogen and oxygen atoms in total. The van der Waals surface area contributed by atoms with Crippen molar-refractivity contribution in [1.82, 2.24) is 10.6 Å². The first-order valence-electron chi connectivity index (χ1n) is 7.45. The van der Waals surface area contributed by atoms with E-state index in [4.69, 9.17) is 5.73 Å². The molecule has 1 aliphatic rings. The SMILES string of the molecule is CCCC1(CNC(=O)CNC(=O)c2ccc(N)cc2)CC1. The van der Waals surface area contributed by atoms with Crippen molar-refractivity contribution in [1.29, 1.82) is 0 Å². The Bertz CT molecular complexity index is 507. The van der Waals surface area contributed by atoms with E-state index in [1.54, 1.807) is 24.3 Å². The average molecular weight is 289 g/mol. The lowest BCUT2D eigenvalue weighted by Crippen LogP contribution is -2.39. The molecule has 1 saturated carbocycles. The largest absolute Gasteiger partial charge is 0.399 e. The first kappa shape index (κ1) is 15.4. The van der Waals surface area contributed by atoms with E-state index in [1.807, 2.05) is 0 Å². The third-order valence-corrected chi connectivity index (χ3v) is 3.98. The highest BCUT2D eigenvalue weighted by Crippen LogP contribution is 2.48. The maximum absolute atomic E-state index is 11.8. The van der Waals surface area contributed by atoms with Crippen LogP contribution >= 0.6 is 0 Å². The zero-order valence-electron chi connectivity index (χ0n) is 12.4. The molecule has 0 spiro atoms. The van der Waals surface area contributed by atoms with E-state index >= 15 is 0 Å². The Morgan fingerprint density at radius 2 is 1.86 bits per heavy atom. The number of rotatable bonds is 7. The van der Waals surface area contributed by atoms with Crippen LogP contribution in [0, 0.1) is 5.41 Å². The topological polar surface area (TPSA) is 84.2 Å². The van der Waals surface area contributed by atoms with E-state index in [0.29, 0.717) is 16.7 Å². The molecular weight excluding hydrogens is 266 g/mol. The molecule has 0 saturated heterocycles. The van der Waals surface area contributed by atoms with Crippen LogP contribution in [0.2, 0.25) is 0 Å². The van der Waals surface area contributed by atoms with Crippen LogP contribution in [-0.2, 0) is 4.79 Å². The molecule has 1 aromatic rings. The summed E-state index contributed by atoms with van der Waals surface area (Å²) in [6.07, 6.45) is 4.69. The van der Waals surface area contributed by atoms with Gasteiger partial charge in [-0.2, -0.15) is 0 Å². The Morgan fingerprint density at radius 3 is 2.43 bits per heavy atom. The lowest BCUT2D eigenvalue weighted by atomic mass is 10.0. The van der Waals surface area contributed by atoms with Gasteiger partial charge in [-0.3, -0.25) is 9.59 Å². The van der Waals surface area contributed by atoms with Crippen molar-refractivity contribution in [2.75, 3.05) is 18.8 Å². The molecular formula is C16H23N3O2. The van der Waals surface area contributed by atoms with Crippen molar-refractivity contribution in [2.45, 2.75) is 32.6 Å². The average Bonchev–Trinajstić information content (AvgIpc) is 3.24. The van der Waals surface area contributed by atoms with E-state index in [0.717, 1.165) is 19.4 Å². The molecule has 0 unspecified atom stereocenters. The summed E-state index contributed by atoms with van der Waals surface area (Å²) in [5.74, 6) is -0.402. The fourth-order valence-electron chi connectivity index (χ4n) is 2.47. The number of nitrogens with two attached hydrogens (primary N) is 1. The maximum atomic E-state index is 11.8. The van der Waals surface area contributed by atoms with Crippen LogP contribution in [0.4, 0.5) is 5.69 Å². The van der Waals surface area contributed by atoms with Crippen LogP contribution < -0.4 is 16.4 Å². The summed E-state index contributed by atoms with van der Waals surface area (Å²) in [5, 5.41) is 5.53. The fraction of sp³-hybridized carbons (Fsp3) is 0.500. The molecule has 1 aliphatic carbocycles. The monoisotopic (exact) mass is 289 g/mol. The van der Waals surface area contributed by atoms with Crippen LogP contribution in [-0.4, -0.2) is 24.9 Å². The van der Waals surface area contributed by atoms with Gasteiger partial charge >= 0.3 is 0 Å². The minimum Gasteiger partial charge on any atom is -0.399 e. The van der Waals surface area contributed by atoms with E-state index in [9.17, 15) is 9.59 Å². The van der Waals surface area contributed by atoms with Gasteiger partial charge in [0.25, 0.3) is 5.91 Å². The van der Waals surface area contributed by atoms with Gasteiger partial charge in [-0.05, 0) is 48.9 Å². The van der Waals surface area contributed by atoms with Crippen LogP contribution in [0.3, 0.4) is 0 Å². The van der Waals surface area contributed by atoms with Gasteiger partial charge in [-0.1, -0.05) is 13.3 Å². The summed E-state index contributed by atoms with van der Waals surface area (Å²) < 4.78 is 0. The normalized spacial score (nSPS) is 15.3. The first-order chi connectivity index (χ1) is 10.0. The minimum absolute atomic E-state index is 0.00537. The molecule has 2 rings (SSSR count). The minimum atomic E-state index is -0.264. The number of anilines is 1. The second-order valence-corrected chi connectivity index (χ2v) is 5.83. The Hall–Kier alpha value is -2.04. The lowest BCUT2D eigenvalue weighted by molar-refractivity contribution is -0.120. The molecule has 21 heavy (non-hydrogen) atoms. The second-order valence-electron chi connectivity index (χ2n) is 5.83. The molecule has 0 radical (unpaired) electrons. The van der Waals surface area contributed by atoms with Crippen LogP contribution in [0.25, 0.3) is 0 Å². The molecule has 1 aromatic carbocycles. The highest BCUT2D eigenvalue weighted by atomic mass is 16.2. The van der Waals surface area contributed by atoms with Gasteiger partial charge in [0.15, 0.2) is 0 Å². The predicted octanol–water partition coefficient (Wildman–Crippen LogP) is 1.70. The smallest absolute Gasteiger partial charge is 0.251 e. The standard InChI is InChI=1S/C16H23N3O2/c1-2-7-16(8-9-16)11-19-14(20)10-18-15(21)12-3-5-13(17)6-4-12/h3-6H,2,7-11,17H2,1H3,(H,18,21)(H,19,20). The molecule has 2 amide bonds. The van der Waals surface area contributed by atoms with Crippen LogP contribution in [0.1, 0.15) is 43.0 Å². The van der Waals surface area contributed by atoms with Gasteiger partial charge in [0.1, 0.15) is 0 Å². The maximum Gasteiger partial charge on any atom is 0.251 e. The zero-order valence-corrected chi connectivity index (χ0v) is 12.4. The van der Waals surface area contributed by atoms with Crippen molar-refractivity contribution in [2.24, 2.45) is 5.41 Å². The van der Waals surface area contributed by atoms with E-state index in [2.05, 4.69) is 17.6 Å². The molecule has 0 bridgehead atoms. The number of nitrogens with one attached hydrogen (secondary N) is 2. The number of hydrogen-bond donors (Lipinski definition) is 3. The molecule has 1 fully saturated rings. The highest BCUT2D eigenvalue weighted by molar-refractivity contribution is 5.96. The van der Waals surface area contributed by atoms with Crippen LogP contribution in [0.15, 0.2) is 24.3 Å².